The third-order valence-corrected chi connectivity index (χ3v) is 10.4. The van der Waals surface area contributed by atoms with Gasteiger partial charge in [0.2, 0.25) is 0 Å². The number of methoxy groups -OCH3 is 2. The number of rotatable bonds is 10. The van der Waals surface area contributed by atoms with Crippen molar-refractivity contribution >= 4 is 35.6 Å². The summed E-state index contributed by atoms with van der Waals surface area (Å²) in [5.74, 6) is 1.90. The van der Waals surface area contributed by atoms with E-state index in [9.17, 15) is 9.59 Å². The largest absolute Gasteiger partial charge is 0.493 e. The number of hydrogen-bond donors (Lipinski definition) is 0. The number of ether oxygens (including phenoxy) is 4. The second kappa shape index (κ2) is 16.1. The number of hydrogen-bond acceptors (Lipinski definition) is 9. The Morgan fingerprint density at radius 3 is 1.46 bits per heavy atom. The third kappa shape index (κ3) is 7.28. The molecule has 54 heavy (non-hydrogen) atoms. The molecule has 4 aromatic rings. The SMILES string of the molecule is CC.COc1cc2c(cc1OCCN(C)CCOc1cc3c(cc1OC)C(=O)N1Cc4ccccc4CC1C=N3)N=CC1Cc3ccccc3CN1C2=O.[HH].[HH]. The zero-order valence-corrected chi connectivity index (χ0v) is 31.6. The molecule has 4 heterocycles. The average Bonchev–Trinajstić information content (AvgIpc) is 3.42. The highest BCUT2D eigenvalue weighted by Crippen LogP contribution is 2.40. The number of amides is 2. The van der Waals surface area contributed by atoms with Crippen molar-refractivity contribution in [3.05, 3.63) is 106 Å². The zero-order chi connectivity index (χ0) is 37.8. The fourth-order valence-corrected chi connectivity index (χ4v) is 7.38. The van der Waals surface area contributed by atoms with Crippen molar-refractivity contribution in [1.82, 2.24) is 14.7 Å². The highest BCUT2D eigenvalue weighted by Gasteiger charge is 2.35. The lowest BCUT2D eigenvalue weighted by atomic mass is 9.94. The van der Waals surface area contributed by atoms with Crippen LogP contribution in [0.3, 0.4) is 0 Å². The summed E-state index contributed by atoms with van der Waals surface area (Å²) >= 11 is 0. The fourth-order valence-electron chi connectivity index (χ4n) is 7.38. The monoisotopic (exact) mass is 733 g/mol. The first-order valence-electron chi connectivity index (χ1n) is 18.6. The predicted molar refractivity (Wildman–Crippen MR) is 214 cm³/mol. The molecule has 0 saturated heterocycles. The lowest BCUT2D eigenvalue weighted by molar-refractivity contribution is 0.0696. The van der Waals surface area contributed by atoms with Gasteiger partial charge in [-0.15, -0.1) is 0 Å². The molecule has 0 spiro atoms. The maximum Gasteiger partial charge on any atom is 0.257 e. The van der Waals surface area contributed by atoms with Gasteiger partial charge in [-0.05, 0) is 54.3 Å². The first kappa shape index (κ1) is 36.7. The smallest absolute Gasteiger partial charge is 0.257 e. The van der Waals surface area contributed by atoms with Gasteiger partial charge in [-0.2, -0.15) is 0 Å². The standard InChI is InChI=1S/C41H41N5O6.C2H6.2H2/c1-44(12-14-51-38-20-34-32(18-36(38)49-2)40(47)45-24-28-10-6-4-8-26(28)16-30(45)22-42-34)13-15-52-39-21-35-33(19-37(39)50-3)41(48)46-25-29-11-7-5-9-27(29)17-31(46)23-43-35;1-2;;/h4-11,18-23,30-31H,12-17,24-25H2,1-3H3;1-2H3;2*1H. The van der Waals surface area contributed by atoms with Gasteiger partial charge in [-0.1, -0.05) is 62.4 Å². The van der Waals surface area contributed by atoms with Crippen LogP contribution in [0.25, 0.3) is 0 Å². The maximum atomic E-state index is 13.7. The Hall–Kier alpha value is -5.68. The van der Waals surface area contributed by atoms with Crippen LogP contribution in [-0.2, 0) is 25.9 Å². The molecule has 0 aromatic heterocycles. The molecule has 4 aromatic carbocycles. The molecule has 2 amide bonds. The quantitative estimate of drug-likeness (QED) is 0.170. The molecule has 11 nitrogen and oxygen atoms in total. The van der Waals surface area contributed by atoms with E-state index in [2.05, 4.69) is 29.2 Å². The molecular formula is C43H51N5O6. The second-order valence-electron chi connectivity index (χ2n) is 13.5. The number of benzene rings is 4. The summed E-state index contributed by atoms with van der Waals surface area (Å²) in [6.45, 7) is 7.08. The van der Waals surface area contributed by atoms with Gasteiger partial charge < -0.3 is 28.7 Å². The first-order valence-corrected chi connectivity index (χ1v) is 18.6. The zero-order valence-electron chi connectivity index (χ0n) is 31.6. The molecule has 2 atom stereocenters. The van der Waals surface area contributed by atoms with Crippen LogP contribution < -0.4 is 18.9 Å². The van der Waals surface area contributed by atoms with Crippen molar-refractivity contribution in [3.8, 4) is 23.0 Å². The Morgan fingerprint density at radius 2 is 1.06 bits per heavy atom. The van der Waals surface area contributed by atoms with Gasteiger partial charge in [0, 0.05) is 53.6 Å². The minimum Gasteiger partial charge on any atom is -0.493 e. The van der Waals surface area contributed by atoms with Gasteiger partial charge in [-0.3, -0.25) is 24.5 Å². The van der Waals surface area contributed by atoms with E-state index in [-0.39, 0.29) is 26.8 Å². The number of likely N-dealkylation sites (N-methyl/N-ethyl adjacent to an activating group) is 1. The first-order chi connectivity index (χ1) is 26.4. The molecule has 0 radical (unpaired) electrons. The Kier molecular flexibility index (Phi) is 11.0. The molecular weight excluding hydrogens is 683 g/mol. The number of fused-ring (bicyclic) bond motifs is 6. The average molecular weight is 734 g/mol. The molecule has 8 rings (SSSR count). The van der Waals surface area contributed by atoms with Gasteiger partial charge in [0.25, 0.3) is 11.8 Å². The van der Waals surface area contributed by atoms with Crippen LogP contribution in [0.1, 0.15) is 59.7 Å². The van der Waals surface area contributed by atoms with Crippen LogP contribution >= 0.6 is 0 Å². The summed E-state index contributed by atoms with van der Waals surface area (Å²) in [6, 6.07) is 23.3. The predicted octanol–water partition coefficient (Wildman–Crippen LogP) is 7.18. The highest BCUT2D eigenvalue weighted by molar-refractivity contribution is 6.04. The number of aliphatic imine (C=N–C) groups is 2. The maximum absolute atomic E-state index is 13.7. The van der Waals surface area contributed by atoms with Crippen LogP contribution in [0, 0.1) is 0 Å². The summed E-state index contributed by atoms with van der Waals surface area (Å²) in [7, 11) is 5.14. The van der Waals surface area contributed by atoms with Crippen molar-refractivity contribution in [1.29, 1.82) is 0 Å². The fraction of sp³-hybridized carbons (Fsp3) is 0.349. The number of carbonyl (C=O) groups is 2. The normalized spacial score (nSPS) is 17.7. The van der Waals surface area contributed by atoms with E-state index in [0.29, 0.717) is 84.9 Å². The molecule has 284 valence electrons. The molecule has 0 saturated carbocycles. The third-order valence-electron chi connectivity index (χ3n) is 10.4. The van der Waals surface area contributed by atoms with Crippen molar-refractivity contribution in [2.24, 2.45) is 9.98 Å². The Morgan fingerprint density at radius 1 is 0.648 bits per heavy atom. The summed E-state index contributed by atoms with van der Waals surface area (Å²) in [5.41, 5.74) is 6.96. The number of nitrogens with zero attached hydrogens (tertiary/aromatic N) is 5. The molecule has 4 aliphatic heterocycles. The molecule has 0 aliphatic carbocycles. The summed E-state index contributed by atoms with van der Waals surface area (Å²) < 4.78 is 23.7. The van der Waals surface area contributed by atoms with Crippen LogP contribution in [0.4, 0.5) is 11.4 Å². The Balaban J connectivity index is 0.00000148. The van der Waals surface area contributed by atoms with Gasteiger partial charge in [0.05, 0.1) is 48.8 Å². The van der Waals surface area contributed by atoms with Crippen LogP contribution in [-0.4, -0.2) is 98.6 Å². The molecule has 0 bridgehead atoms. The van der Waals surface area contributed by atoms with E-state index >= 15 is 0 Å². The lowest BCUT2D eigenvalue weighted by Gasteiger charge is -2.34. The molecule has 11 heteroatoms. The number of carbonyl (C=O) groups excluding carboxylic acids is 2. The van der Waals surface area contributed by atoms with Gasteiger partial charge in [-0.25, -0.2) is 0 Å². The van der Waals surface area contributed by atoms with E-state index in [0.717, 1.165) is 24.0 Å². The summed E-state index contributed by atoms with van der Waals surface area (Å²) in [5, 5.41) is 0. The molecule has 0 N–H and O–H groups in total. The van der Waals surface area contributed by atoms with E-state index in [1.54, 1.807) is 38.5 Å². The van der Waals surface area contributed by atoms with E-state index in [1.807, 2.05) is 67.4 Å². The lowest BCUT2D eigenvalue weighted by Crippen LogP contribution is -2.44. The van der Waals surface area contributed by atoms with Crippen molar-refractivity contribution in [2.75, 3.05) is 47.6 Å². The van der Waals surface area contributed by atoms with Crippen LogP contribution in [0.2, 0.25) is 0 Å². The van der Waals surface area contributed by atoms with Crippen LogP contribution in [0.5, 0.6) is 23.0 Å². The Labute approximate surface area is 319 Å². The topological polar surface area (TPSA) is 106 Å². The molecule has 2 unspecified atom stereocenters. The molecule has 0 fully saturated rings. The van der Waals surface area contributed by atoms with Crippen molar-refractivity contribution in [2.45, 2.75) is 51.9 Å². The molecule has 4 aliphatic rings. The van der Waals surface area contributed by atoms with Crippen molar-refractivity contribution < 1.29 is 31.4 Å². The van der Waals surface area contributed by atoms with E-state index in [1.165, 1.54) is 11.1 Å². The van der Waals surface area contributed by atoms with Gasteiger partial charge in [0.1, 0.15) is 13.2 Å². The highest BCUT2D eigenvalue weighted by atomic mass is 16.5. The second-order valence-corrected chi connectivity index (χ2v) is 13.5. The van der Waals surface area contributed by atoms with Crippen molar-refractivity contribution in [3.63, 3.8) is 0 Å². The van der Waals surface area contributed by atoms with E-state index < -0.39 is 0 Å². The summed E-state index contributed by atoms with van der Waals surface area (Å²) in [6.07, 6.45) is 5.21. The Bertz CT molecular complexity index is 1960. The summed E-state index contributed by atoms with van der Waals surface area (Å²) in [4.78, 5) is 42.7. The minimum atomic E-state index is -0.109. The minimum absolute atomic E-state index is 0. The van der Waals surface area contributed by atoms with Gasteiger partial charge >= 0.3 is 0 Å². The van der Waals surface area contributed by atoms with E-state index in [4.69, 9.17) is 28.9 Å². The van der Waals surface area contributed by atoms with Gasteiger partial charge in [0.15, 0.2) is 23.0 Å². The van der Waals surface area contributed by atoms with Crippen LogP contribution in [0.15, 0.2) is 82.8 Å².